The van der Waals surface area contributed by atoms with Crippen LogP contribution in [0.1, 0.15) is 57.5 Å². The fourth-order valence-electron chi connectivity index (χ4n) is 5.01. The second-order valence-corrected chi connectivity index (χ2v) is 8.99. The number of unbranched alkanes of at least 4 members (excludes halogenated alkanes) is 2. The summed E-state index contributed by atoms with van der Waals surface area (Å²) in [7, 11) is 0. The molecule has 1 aromatic heterocycles. The van der Waals surface area contributed by atoms with Gasteiger partial charge in [-0.05, 0) is 68.1 Å². The summed E-state index contributed by atoms with van der Waals surface area (Å²) in [5, 5.41) is 0.943. The van der Waals surface area contributed by atoms with E-state index in [4.69, 9.17) is 0 Å². The standard InChI is InChI=1S/C27H28FN3O2/c1-18-6-5-7-21-25(18)27(33)31(26(21)32)13-4-2-3-12-30-14-10-19(11-15-30)23-17-29-24-9-8-20(28)16-22(23)24/h5-10,16-17,29H,2-4,11-15H2,1H3. The highest BCUT2D eigenvalue weighted by molar-refractivity contribution is 6.22. The van der Waals surface area contributed by atoms with E-state index in [0.29, 0.717) is 17.7 Å². The zero-order chi connectivity index (χ0) is 22.9. The molecule has 0 aliphatic carbocycles. The number of fused-ring (bicyclic) bond motifs is 2. The van der Waals surface area contributed by atoms with Crippen molar-refractivity contribution in [2.24, 2.45) is 0 Å². The molecule has 170 valence electrons. The van der Waals surface area contributed by atoms with Crippen LogP contribution in [-0.2, 0) is 0 Å². The summed E-state index contributed by atoms with van der Waals surface area (Å²) in [5.41, 5.74) is 5.29. The maximum atomic E-state index is 13.7. The number of aromatic nitrogens is 1. The Morgan fingerprint density at radius 1 is 1.00 bits per heavy atom. The molecule has 0 saturated heterocycles. The number of hydrogen-bond acceptors (Lipinski definition) is 3. The Balaban J connectivity index is 1.09. The topological polar surface area (TPSA) is 56.4 Å². The fraction of sp³-hybridized carbons (Fsp3) is 0.333. The van der Waals surface area contributed by atoms with Crippen LogP contribution in [0, 0.1) is 12.7 Å². The molecular formula is C27H28FN3O2. The number of H-pyrrole nitrogens is 1. The Morgan fingerprint density at radius 2 is 1.85 bits per heavy atom. The molecule has 5 nitrogen and oxygen atoms in total. The van der Waals surface area contributed by atoms with Crippen LogP contribution in [-0.4, -0.2) is 52.8 Å². The number of aromatic amines is 1. The number of imide groups is 1. The molecular weight excluding hydrogens is 417 g/mol. The van der Waals surface area contributed by atoms with Crippen LogP contribution in [0.4, 0.5) is 4.39 Å². The minimum Gasteiger partial charge on any atom is -0.361 e. The molecule has 3 aromatic rings. The summed E-state index contributed by atoms with van der Waals surface area (Å²) < 4.78 is 13.7. The number of amides is 2. The van der Waals surface area contributed by atoms with Gasteiger partial charge in [0.2, 0.25) is 0 Å². The summed E-state index contributed by atoms with van der Waals surface area (Å²) in [5.74, 6) is -0.527. The summed E-state index contributed by atoms with van der Waals surface area (Å²) in [6.45, 7) is 5.21. The lowest BCUT2D eigenvalue weighted by Gasteiger charge is -2.26. The third-order valence-corrected chi connectivity index (χ3v) is 6.85. The molecule has 2 aliphatic rings. The Bertz CT molecular complexity index is 1260. The minimum absolute atomic E-state index is 0.154. The number of nitrogens with one attached hydrogen (secondary N) is 1. The summed E-state index contributed by atoms with van der Waals surface area (Å²) >= 11 is 0. The van der Waals surface area contributed by atoms with Crippen LogP contribution >= 0.6 is 0 Å². The number of aryl methyl sites for hydroxylation is 1. The molecule has 2 amide bonds. The van der Waals surface area contributed by atoms with Crippen LogP contribution in [0.5, 0.6) is 0 Å². The van der Waals surface area contributed by atoms with Crippen LogP contribution in [0.15, 0.2) is 48.7 Å². The predicted octanol–water partition coefficient (Wildman–Crippen LogP) is 5.17. The van der Waals surface area contributed by atoms with E-state index in [1.165, 1.54) is 16.5 Å². The lowest BCUT2D eigenvalue weighted by molar-refractivity contribution is 0.0651. The van der Waals surface area contributed by atoms with Crippen LogP contribution in [0.3, 0.4) is 0 Å². The van der Waals surface area contributed by atoms with Gasteiger partial charge in [-0.2, -0.15) is 0 Å². The normalized spacial score (nSPS) is 16.5. The molecule has 3 heterocycles. The molecule has 0 unspecified atom stereocenters. The monoisotopic (exact) mass is 445 g/mol. The lowest BCUT2D eigenvalue weighted by atomic mass is 9.98. The average Bonchev–Trinajstić information content (AvgIpc) is 3.34. The van der Waals surface area contributed by atoms with Gasteiger partial charge >= 0.3 is 0 Å². The van der Waals surface area contributed by atoms with E-state index >= 15 is 0 Å². The van der Waals surface area contributed by atoms with Gasteiger partial charge in [0.1, 0.15) is 5.82 Å². The maximum absolute atomic E-state index is 13.7. The first-order chi connectivity index (χ1) is 16.0. The molecule has 0 saturated carbocycles. The van der Waals surface area contributed by atoms with Crippen molar-refractivity contribution >= 4 is 28.3 Å². The molecule has 2 aromatic carbocycles. The summed E-state index contributed by atoms with van der Waals surface area (Å²) in [6.07, 6.45) is 7.99. The first-order valence-electron chi connectivity index (χ1n) is 11.7. The van der Waals surface area contributed by atoms with Crippen LogP contribution in [0.25, 0.3) is 16.5 Å². The van der Waals surface area contributed by atoms with Gasteiger partial charge in [-0.1, -0.05) is 24.6 Å². The van der Waals surface area contributed by atoms with E-state index in [1.54, 1.807) is 18.2 Å². The molecule has 0 atom stereocenters. The predicted molar refractivity (Wildman–Crippen MR) is 128 cm³/mol. The third kappa shape index (κ3) is 4.11. The van der Waals surface area contributed by atoms with Crippen molar-refractivity contribution in [2.45, 2.75) is 32.6 Å². The molecule has 0 radical (unpaired) electrons. The molecule has 2 aliphatic heterocycles. The van der Waals surface area contributed by atoms with Gasteiger partial charge in [0.05, 0.1) is 11.1 Å². The third-order valence-electron chi connectivity index (χ3n) is 6.85. The number of hydrogen-bond donors (Lipinski definition) is 1. The fourth-order valence-corrected chi connectivity index (χ4v) is 5.01. The van der Waals surface area contributed by atoms with E-state index in [1.807, 2.05) is 25.3 Å². The van der Waals surface area contributed by atoms with Crippen molar-refractivity contribution in [3.8, 4) is 0 Å². The number of rotatable bonds is 7. The van der Waals surface area contributed by atoms with Gasteiger partial charge in [-0.15, -0.1) is 0 Å². The van der Waals surface area contributed by atoms with Crippen molar-refractivity contribution in [1.82, 2.24) is 14.8 Å². The van der Waals surface area contributed by atoms with Crippen LogP contribution in [0.2, 0.25) is 0 Å². The Kier molecular flexibility index (Phi) is 5.85. The quantitative estimate of drug-likeness (QED) is 0.403. The van der Waals surface area contributed by atoms with E-state index in [9.17, 15) is 14.0 Å². The van der Waals surface area contributed by atoms with Crippen molar-refractivity contribution in [3.63, 3.8) is 0 Å². The lowest BCUT2D eigenvalue weighted by Crippen LogP contribution is -2.31. The number of nitrogens with zero attached hydrogens (tertiary/aromatic N) is 2. The molecule has 0 fully saturated rings. The van der Waals surface area contributed by atoms with Crippen molar-refractivity contribution in [3.05, 3.63) is 76.7 Å². The van der Waals surface area contributed by atoms with Gasteiger partial charge in [0.25, 0.3) is 11.8 Å². The SMILES string of the molecule is Cc1cccc2c1C(=O)N(CCCCCN1CC=C(c3c[nH]c4ccc(F)cc34)CC1)C2=O. The number of carbonyl (C=O) groups is 2. The number of halogens is 1. The molecule has 0 spiro atoms. The molecule has 5 rings (SSSR count). The van der Waals surface area contributed by atoms with Crippen molar-refractivity contribution in [1.29, 1.82) is 0 Å². The zero-order valence-corrected chi connectivity index (χ0v) is 18.9. The highest BCUT2D eigenvalue weighted by atomic mass is 19.1. The van der Waals surface area contributed by atoms with Gasteiger partial charge < -0.3 is 4.98 Å². The highest BCUT2D eigenvalue weighted by Gasteiger charge is 2.35. The summed E-state index contributed by atoms with van der Waals surface area (Å²) in [4.78, 5) is 32.3. The van der Waals surface area contributed by atoms with Crippen LogP contribution < -0.4 is 0 Å². The van der Waals surface area contributed by atoms with E-state index < -0.39 is 0 Å². The second-order valence-electron chi connectivity index (χ2n) is 8.99. The summed E-state index contributed by atoms with van der Waals surface area (Å²) in [6, 6.07) is 10.3. The first-order valence-corrected chi connectivity index (χ1v) is 11.7. The van der Waals surface area contributed by atoms with Crippen molar-refractivity contribution < 1.29 is 14.0 Å². The minimum atomic E-state index is -0.210. The van der Waals surface area contributed by atoms with Gasteiger partial charge in [0.15, 0.2) is 0 Å². The Morgan fingerprint density at radius 3 is 2.64 bits per heavy atom. The first kappa shape index (κ1) is 21.6. The smallest absolute Gasteiger partial charge is 0.261 e. The number of carbonyl (C=O) groups excluding carboxylic acids is 2. The maximum Gasteiger partial charge on any atom is 0.261 e. The van der Waals surface area contributed by atoms with E-state index in [2.05, 4.69) is 16.0 Å². The zero-order valence-electron chi connectivity index (χ0n) is 18.9. The molecule has 6 heteroatoms. The van der Waals surface area contributed by atoms with E-state index in [0.717, 1.165) is 67.3 Å². The Labute approximate surface area is 192 Å². The highest BCUT2D eigenvalue weighted by Crippen LogP contribution is 2.30. The van der Waals surface area contributed by atoms with Gasteiger partial charge in [-0.25, -0.2) is 4.39 Å². The van der Waals surface area contributed by atoms with Gasteiger partial charge in [0, 0.05) is 42.3 Å². The number of benzene rings is 2. The molecule has 0 bridgehead atoms. The molecule has 1 N–H and O–H groups in total. The van der Waals surface area contributed by atoms with E-state index in [-0.39, 0.29) is 17.6 Å². The van der Waals surface area contributed by atoms with Crippen molar-refractivity contribution in [2.75, 3.05) is 26.2 Å². The second kappa shape index (κ2) is 8.94. The molecule has 33 heavy (non-hydrogen) atoms. The average molecular weight is 446 g/mol. The largest absolute Gasteiger partial charge is 0.361 e. The van der Waals surface area contributed by atoms with Gasteiger partial charge in [-0.3, -0.25) is 19.4 Å². The Hall–Kier alpha value is -3.25.